The number of amides is 1. The summed E-state index contributed by atoms with van der Waals surface area (Å²) in [7, 11) is 3.10. The third-order valence-corrected chi connectivity index (χ3v) is 2.36. The monoisotopic (exact) mass is 264 g/mol. The van der Waals surface area contributed by atoms with Gasteiger partial charge >= 0.3 is 6.09 Å². The van der Waals surface area contributed by atoms with Gasteiger partial charge in [0.25, 0.3) is 0 Å². The molecular formula is C13H16N2O4. The number of nitrogens with zero attached hydrogens (tertiary/aromatic N) is 1. The Labute approximate surface area is 111 Å². The molecule has 0 aliphatic carbocycles. The van der Waals surface area contributed by atoms with Gasteiger partial charge in [0.15, 0.2) is 0 Å². The second kappa shape index (κ2) is 7.82. The lowest BCUT2D eigenvalue weighted by Gasteiger charge is -2.11. The molecule has 0 saturated carbocycles. The molecule has 0 atom stereocenters. The van der Waals surface area contributed by atoms with Crippen molar-refractivity contribution in [2.45, 2.75) is 13.0 Å². The van der Waals surface area contributed by atoms with Crippen molar-refractivity contribution in [3.8, 4) is 17.6 Å². The SMILES string of the molecule is COc1ccc(COC(=O)NCCC#N)c(OC)c1. The van der Waals surface area contributed by atoms with Gasteiger partial charge in [-0.05, 0) is 12.1 Å². The van der Waals surface area contributed by atoms with Crippen LogP contribution in [-0.2, 0) is 11.3 Å². The lowest BCUT2D eigenvalue weighted by molar-refractivity contribution is 0.139. The third kappa shape index (κ3) is 4.76. The minimum Gasteiger partial charge on any atom is -0.497 e. The molecule has 0 aliphatic heterocycles. The first-order valence-corrected chi connectivity index (χ1v) is 5.69. The minimum absolute atomic E-state index is 0.0888. The molecule has 1 rings (SSSR count). The van der Waals surface area contributed by atoms with Crippen molar-refractivity contribution in [3.05, 3.63) is 23.8 Å². The Kier molecular flexibility index (Phi) is 6.03. The van der Waals surface area contributed by atoms with Crippen LogP contribution >= 0.6 is 0 Å². The van der Waals surface area contributed by atoms with Gasteiger partial charge in [-0.15, -0.1) is 0 Å². The van der Waals surface area contributed by atoms with Crippen LogP contribution in [0.1, 0.15) is 12.0 Å². The summed E-state index contributed by atoms with van der Waals surface area (Å²) in [4.78, 5) is 11.3. The molecule has 0 aromatic heterocycles. The number of methoxy groups -OCH3 is 2. The zero-order chi connectivity index (χ0) is 14.1. The number of hydrogen-bond acceptors (Lipinski definition) is 5. The van der Waals surface area contributed by atoms with Gasteiger partial charge in [0, 0.05) is 18.2 Å². The van der Waals surface area contributed by atoms with Crippen molar-refractivity contribution in [1.82, 2.24) is 5.32 Å². The average molecular weight is 264 g/mol. The highest BCUT2D eigenvalue weighted by Gasteiger charge is 2.08. The number of alkyl carbamates (subject to hydrolysis) is 1. The number of nitrogens with one attached hydrogen (secondary N) is 1. The Bertz CT molecular complexity index is 468. The Hall–Kier alpha value is -2.42. The van der Waals surface area contributed by atoms with E-state index in [2.05, 4.69) is 5.32 Å². The van der Waals surface area contributed by atoms with Crippen LogP contribution in [0.5, 0.6) is 11.5 Å². The summed E-state index contributed by atoms with van der Waals surface area (Å²) >= 11 is 0. The van der Waals surface area contributed by atoms with Crippen LogP contribution in [0.25, 0.3) is 0 Å². The average Bonchev–Trinajstić information content (AvgIpc) is 2.45. The summed E-state index contributed by atoms with van der Waals surface area (Å²) in [6, 6.07) is 7.16. The van der Waals surface area contributed by atoms with Crippen LogP contribution < -0.4 is 14.8 Å². The van der Waals surface area contributed by atoms with E-state index >= 15 is 0 Å². The maximum atomic E-state index is 11.3. The standard InChI is InChI=1S/C13H16N2O4/c1-17-11-5-4-10(12(8-11)18-2)9-19-13(16)15-7-3-6-14/h4-5,8H,3,7,9H2,1-2H3,(H,15,16). The van der Waals surface area contributed by atoms with Crippen molar-refractivity contribution in [3.63, 3.8) is 0 Å². The zero-order valence-electron chi connectivity index (χ0n) is 10.9. The highest BCUT2D eigenvalue weighted by atomic mass is 16.5. The van der Waals surface area contributed by atoms with E-state index in [0.29, 0.717) is 11.5 Å². The molecule has 102 valence electrons. The lowest BCUT2D eigenvalue weighted by atomic mass is 10.2. The van der Waals surface area contributed by atoms with Crippen LogP contribution in [-0.4, -0.2) is 26.9 Å². The Balaban J connectivity index is 2.53. The summed E-state index contributed by atoms with van der Waals surface area (Å²) < 4.78 is 15.3. The second-order valence-electron chi connectivity index (χ2n) is 3.59. The maximum absolute atomic E-state index is 11.3. The summed E-state index contributed by atoms with van der Waals surface area (Å²) in [5.41, 5.74) is 0.735. The van der Waals surface area contributed by atoms with Gasteiger partial charge in [0.1, 0.15) is 18.1 Å². The molecule has 0 heterocycles. The van der Waals surface area contributed by atoms with Crippen LogP contribution in [0.2, 0.25) is 0 Å². The molecule has 1 N–H and O–H groups in total. The number of benzene rings is 1. The Morgan fingerprint density at radius 3 is 2.79 bits per heavy atom. The summed E-state index contributed by atoms with van der Waals surface area (Å²) in [6.45, 7) is 0.362. The van der Waals surface area contributed by atoms with Crippen LogP contribution in [0.15, 0.2) is 18.2 Å². The number of carbonyl (C=O) groups excluding carboxylic acids is 1. The Morgan fingerprint density at radius 1 is 1.37 bits per heavy atom. The summed E-state index contributed by atoms with van der Waals surface area (Å²) in [5, 5.41) is 10.8. The highest BCUT2D eigenvalue weighted by molar-refractivity contribution is 5.67. The smallest absolute Gasteiger partial charge is 0.407 e. The van der Waals surface area contributed by atoms with Gasteiger partial charge in [-0.1, -0.05) is 0 Å². The molecule has 0 spiro atoms. The van der Waals surface area contributed by atoms with E-state index in [1.807, 2.05) is 6.07 Å². The lowest BCUT2D eigenvalue weighted by Crippen LogP contribution is -2.24. The number of carbonyl (C=O) groups is 1. The van der Waals surface area contributed by atoms with E-state index in [-0.39, 0.29) is 19.6 Å². The predicted molar refractivity (Wildman–Crippen MR) is 68.0 cm³/mol. The first-order valence-electron chi connectivity index (χ1n) is 5.69. The molecule has 0 aliphatic rings. The van der Waals surface area contributed by atoms with Gasteiger partial charge in [-0.3, -0.25) is 0 Å². The van der Waals surface area contributed by atoms with Crippen molar-refractivity contribution >= 4 is 6.09 Å². The number of hydrogen-bond donors (Lipinski definition) is 1. The zero-order valence-corrected chi connectivity index (χ0v) is 10.9. The van der Waals surface area contributed by atoms with Gasteiger partial charge in [0.2, 0.25) is 0 Å². The molecule has 0 bridgehead atoms. The molecule has 1 amide bonds. The molecule has 6 heteroatoms. The largest absolute Gasteiger partial charge is 0.497 e. The summed E-state index contributed by atoms with van der Waals surface area (Å²) in [6.07, 6.45) is -0.311. The number of nitriles is 1. The number of ether oxygens (including phenoxy) is 3. The summed E-state index contributed by atoms with van der Waals surface area (Å²) in [5.74, 6) is 1.25. The van der Waals surface area contributed by atoms with E-state index in [4.69, 9.17) is 19.5 Å². The minimum atomic E-state index is -0.562. The second-order valence-corrected chi connectivity index (χ2v) is 3.59. The molecule has 0 saturated heterocycles. The third-order valence-electron chi connectivity index (χ3n) is 2.36. The first kappa shape index (κ1) is 14.6. The quantitative estimate of drug-likeness (QED) is 0.793. The number of rotatable bonds is 6. The molecule has 19 heavy (non-hydrogen) atoms. The maximum Gasteiger partial charge on any atom is 0.407 e. The van der Waals surface area contributed by atoms with E-state index < -0.39 is 6.09 Å². The molecule has 0 fully saturated rings. The fraction of sp³-hybridized carbons (Fsp3) is 0.385. The molecule has 1 aromatic carbocycles. The molecule has 0 unspecified atom stereocenters. The van der Waals surface area contributed by atoms with Crippen LogP contribution in [0, 0.1) is 11.3 Å². The van der Waals surface area contributed by atoms with Crippen LogP contribution in [0.3, 0.4) is 0 Å². The normalized spacial score (nSPS) is 9.32. The van der Waals surface area contributed by atoms with E-state index in [9.17, 15) is 4.79 Å². The topological polar surface area (TPSA) is 80.6 Å². The van der Waals surface area contributed by atoms with Gasteiger partial charge < -0.3 is 19.5 Å². The highest BCUT2D eigenvalue weighted by Crippen LogP contribution is 2.25. The Morgan fingerprint density at radius 2 is 2.16 bits per heavy atom. The predicted octanol–water partition coefficient (Wildman–Crippen LogP) is 1.84. The van der Waals surface area contributed by atoms with Gasteiger partial charge in [0.05, 0.1) is 26.7 Å². The first-order chi connectivity index (χ1) is 9.21. The van der Waals surface area contributed by atoms with Crippen molar-refractivity contribution in [1.29, 1.82) is 5.26 Å². The van der Waals surface area contributed by atoms with E-state index in [1.54, 1.807) is 25.3 Å². The van der Waals surface area contributed by atoms with Gasteiger partial charge in [-0.25, -0.2) is 4.79 Å². The fourth-order valence-electron chi connectivity index (χ4n) is 1.39. The van der Waals surface area contributed by atoms with Crippen LogP contribution in [0.4, 0.5) is 4.79 Å². The van der Waals surface area contributed by atoms with Crippen molar-refractivity contribution in [2.75, 3.05) is 20.8 Å². The van der Waals surface area contributed by atoms with Crippen molar-refractivity contribution in [2.24, 2.45) is 0 Å². The fourth-order valence-corrected chi connectivity index (χ4v) is 1.39. The molecule has 0 radical (unpaired) electrons. The van der Waals surface area contributed by atoms with E-state index in [1.165, 1.54) is 7.11 Å². The van der Waals surface area contributed by atoms with Gasteiger partial charge in [-0.2, -0.15) is 5.26 Å². The molecule has 6 nitrogen and oxygen atoms in total. The van der Waals surface area contributed by atoms with E-state index in [0.717, 1.165) is 5.56 Å². The van der Waals surface area contributed by atoms with Crippen molar-refractivity contribution < 1.29 is 19.0 Å². The molecule has 1 aromatic rings. The molecular weight excluding hydrogens is 248 g/mol.